The van der Waals surface area contributed by atoms with E-state index in [9.17, 15) is 24.3 Å². The summed E-state index contributed by atoms with van der Waals surface area (Å²) in [7, 11) is 4.57. The van der Waals surface area contributed by atoms with Gasteiger partial charge in [-0.3, -0.25) is 9.59 Å². The topological polar surface area (TPSA) is 135 Å². The summed E-state index contributed by atoms with van der Waals surface area (Å²) in [6.07, 6.45) is 0.976. The van der Waals surface area contributed by atoms with Crippen LogP contribution in [0.1, 0.15) is 10.4 Å². The number of rotatable bonds is 6. The summed E-state index contributed by atoms with van der Waals surface area (Å²) in [5.74, 6) is -6.30. The molecule has 0 atom stereocenters. The molecule has 1 aromatic rings. The van der Waals surface area contributed by atoms with Crippen molar-refractivity contribution in [2.75, 3.05) is 28.4 Å². The predicted molar refractivity (Wildman–Crippen MR) is 90.8 cm³/mol. The van der Waals surface area contributed by atoms with E-state index in [2.05, 4.69) is 9.47 Å². The molecule has 148 valence electrons. The van der Waals surface area contributed by atoms with Crippen molar-refractivity contribution in [3.8, 4) is 17.2 Å². The number of ketones is 2. The van der Waals surface area contributed by atoms with Crippen LogP contribution in [0.5, 0.6) is 17.2 Å². The van der Waals surface area contributed by atoms with Gasteiger partial charge in [0.2, 0.25) is 5.75 Å². The Morgan fingerprint density at radius 3 is 2.00 bits per heavy atom. The predicted octanol–water partition coefficient (Wildman–Crippen LogP) is 0.675. The second-order valence-electron chi connectivity index (χ2n) is 5.22. The molecule has 10 heteroatoms. The second-order valence-corrected chi connectivity index (χ2v) is 5.22. The van der Waals surface area contributed by atoms with Gasteiger partial charge >= 0.3 is 11.9 Å². The number of hydrogen-bond donors (Lipinski definition) is 1. The van der Waals surface area contributed by atoms with E-state index in [1.165, 1.54) is 13.2 Å². The van der Waals surface area contributed by atoms with E-state index in [4.69, 9.17) is 14.2 Å². The number of allylic oxidation sites excluding steroid dienone is 2. The lowest BCUT2D eigenvalue weighted by molar-refractivity contribution is -0.138. The lowest BCUT2D eigenvalue weighted by atomic mass is 10.0. The summed E-state index contributed by atoms with van der Waals surface area (Å²) in [5, 5.41) is 10.3. The van der Waals surface area contributed by atoms with Crippen LogP contribution in [-0.4, -0.2) is 57.1 Å². The average Bonchev–Trinajstić information content (AvgIpc) is 2.71. The quantitative estimate of drug-likeness (QED) is 0.418. The van der Waals surface area contributed by atoms with Gasteiger partial charge < -0.3 is 28.8 Å². The molecule has 0 radical (unpaired) electrons. The van der Waals surface area contributed by atoms with Gasteiger partial charge in [-0.15, -0.1) is 0 Å². The summed E-state index contributed by atoms with van der Waals surface area (Å²) < 4.78 is 24.3. The zero-order chi connectivity index (χ0) is 21.0. The molecular weight excluding hydrogens is 376 g/mol. The van der Waals surface area contributed by atoms with Crippen LogP contribution < -0.4 is 9.47 Å². The maximum atomic E-state index is 12.4. The number of benzene rings is 1. The molecule has 0 heterocycles. The Morgan fingerprint density at radius 2 is 1.46 bits per heavy atom. The first-order chi connectivity index (χ1) is 13.3. The molecule has 1 aliphatic carbocycles. The lowest BCUT2D eigenvalue weighted by Crippen LogP contribution is -2.29. The minimum Gasteiger partial charge on any atom is -0.502 e. The summed E-state index contributed by atoms with van der Waals surface area (Å²) in [6, 6.07) is 2.24. The van der Waals surface area contributed by atoms with Gasteiger partial charge in [0.1, 0.15) is 5.57 Å². The molecule has 0 unspecified atom stereocenters. The third-order valence-corrected chi connectivity index (χ3v) is 3.67. The van der Waals surface area contributed by atoms with Gasteiger partial charge in [0.25, 0.3) is 11.6 Å². The monoisotopic (exact) mass is 392 g/mol. The number of aromatic hydroxyl groups is 1. The summed E-state index contributed by atoms with van der Waals surface area (Å²) >= 11 is 0. The smallest absolute Gasteiger partial charge is 0.341 e. The first-order valence-corrected chi connectivity index (χ1v) is 7.63. The maximum absolute atomic E-state index is 12.4. The fourth-order valence-corrected chi connectivity index (χ4v) is 2.28. The van der Waals surface area contributed by atoms with Crippen LogP contribution in [0.15, 0.2) is 35.3 Å². The van der Waals surface area contributed by atoms with Gasteiger partial charge in [0.05, 0.1) is 34.0 Å². The van der Waals surface area contributed by atoms with Gasteiger partial charge in [-0.1, -0.05) is 0 Å². The Morgan fingerprint density at radius 1 is 0.857 bits per heavy atom. The van der Waals surface area contributed by atoms with Gasteiger partial charge in [0, 0.05) is 6.08 Å². The number of carbonyl (C=O) groups excluding carboxylic acids is 4. The van der Waals surface area contributed by atoms with Crippen molar-refractivity contribution in [1.82, 2.24) is 0 Å². The molecule has 0 bridgehead atoms. The van der Waals surface area contributed by atoms with E-state index < -0.39 is 46.3 Å². The van der Waals surface area contributed by atoms with Crippen LogP contribution in [0.4, 0.5) is 0 Å². The minimum atomic E-state index is -1.21. The van der Waals surface area contributed by atoms with Crippen molar-refractivity contribution in [1.29, 1.82) is 0 Å². The molecule has 0 saturated heterocycles. The van der Waals surface area contributed by atoms with Crippen molar-refractivity contribution in [3.63, 3.8) is 0 Å². The second kappa shape index (κ2) is 8.25. The molecule has 0 fully saturated rings. The van der Waals surface area contributed by atoms with Crippen molar-refractivity contribution < 1.29 is 48.0 Å². The highest BCUT2D eigenvalue weighted by Gasteiger charge is 2.36. The van der Waals surface area contributed by atoms with Crippen molar-refractivity contribution in [3.05, 3.63) is 40.9 Å². The van der Waals surface area contributed by atoms with Crippen LogP contribution in [0, 0.1) is 0 Å². The highest BCUT2D eigenvalue weighted by Crippen LogP contribution is 2.39. The SMILES string of the molecule is COC(=O)C1=C(Oc2cc(C(=O)OC)cc(OC)c2O)C(=O)C(=O)C(OC)=C1. The zero-order valence-electron chi connectivity index (χ0n) is 15.4. The average molecular weight is 392 g/mol. The number of phenolic OH excluding ortho intramolecular Hbond substituents is 1. The van der Waals surface area contributed by atoms with Crippen molar-refractivity contribution in [2.24, 2.45) is 0 Å². The Hall–Kier alpha value is -3.82. The molecular formula is C18H16O10. The molecule has 1 aliphatic rings. The van der Waals surface area contributed by atoms with Gasteiger partial charge in [-0.25, -0.2) is 9.59 Å². The van der Waals surface area contributed by atoms with E-state index in [1.54, 1.807) is 0 Å². The van der Waals surface area contributed by atoms with E-state index in [1.807, 2.05) is 0 Å². The molecule has 1 N–H and O–H groups in total. The van der Waals surface area contributed by atoms with Crippen LogP contribution in [0.25, 0.3) is 0 Å². The van der Waals surface area contributed by atoms with Gasteiger partial charge in [-0.05, 0) is 12.1 Å². The van der Waals surface area contributed by atoms with Crippen LogP contribution in [-0.2, 0) is 28.6 Å². The summed E-state index contributed by atoms with van der Waals surface area (Å²) in [5.41, 5.74) is -0.485. The molecule has 1 aromatic carbocycles. The lowest BCUT2D eigenvalue weighted by Gasteiger charge is -2.18. The molecule has 0 amide bonds. The molecule has 0 spiro atoms. The third kappa shape index (κ3) is 3.65. The van der Waals surface area contributed by atoms with Gasteiger partial charge in [-0.2, -0.15) is 0 Å². The van der Waals surface area contributed by atoms with Crippen molar-refractivity contribution in [2.45, 2.75) is 0 Å². The normalized spacial score (nSPS) is 13.6. The van der Waals surface area contributed by atoms with Crippen molar-refractivity contribution >= 4 is 23.5 Å². The van der Waals surface area contributed by atoms with Gasteiger partial charge in [0.15, 0.2) is 23.0 Å². The summed E-state index contributed by atoms with van der Waals surface area (Å²) in [6.45, 7) is 0. The standard InChI is InChI=1S/C18H16O10/c1-24-10-5-8(17(22)26-3)6-12(13(10)19)28-16-9(18(23)27-4)7-11(25-2)14(20)15(16)21/h5-7,19H,1-4H3. The minimum absolute atomic E-state index is 0.0740. The molecule has 0 aliphatic heterocycles. The Balaban J connectivity index is 2.66. The first-order valence-electron chi connectivity index (χ1n) is 7.63. The van der Waals surface area contributed by atoms with Crippen LogP contribution >= 0.6 is 0 Å². The van der Waals surface area contributed by atoms with E-state index >= 15 is 0 Å². The number of esters is 2. The highest BCUT2D eigenvalue weighted by atomic mass is 16.5. The van der Waals surface area contributed by atoms with E-state index in [0.29, 0.717) is 0 Å². The molecule has 0 aromatic heterocycles. The Bertz CT molecular complexity index is 923. The number of Topliss-reactive ketones (excluding diaryl/α,β-unsaturated/α-hetero) is 2. The van der Waals surface area contributed by atoms with Crippen LogP contribution in [0.3, 0.4) is 0 Å². The fraction of sp³-hybridized carbons (Fsp3) is 0.222. The van der Waals surface area contributed by atoms with E-state index in [0.717, 1.165) is 33.5 Å². The molecule has 10 nitrogen and oxygen atoms in total. The number of phenols is 1. The number of ether oxygens (including phenoxy) is 5. The molecule has 0 saturated carbocycles. The molecule has 28 heavy (non-hydrogen) atoms. The fourth-order valence-electron chi connectivity index (χ4n) is 2.28. The number of carbonyl (C=O) groups is 4. The highest BCUT2D eigenvalue weighted by molar-refractivity contribution is 6.50. The zero-order valence-corrected chi connectivity index (χ0v) is 15.4. The van der Waals surface area contributed by atoms with E-state index in [-0.39, 0.29) is 17.1 Å². The van der Waals surface area contributed by atoms with Crippen LogP contribution in [0.2, 0.25) is 0 Å². The third-order valence-electron chi connectivity index (χ3n) is 3.67. The maximum Gasteiger partial charge on any atom is 0.341 e. The first kappa shape index (κ1) is 20.5. The number of methoxy groups -OCH3 is 4. The Kier molecular flexibility index (Phi) is 6.04. The largest absolute Gasteiger partial charge is 0.502 e. The molecule has 2 rings (SSSR count). The number of hydrogen-bond acceptors (Lipinski definition) is 10. The Labute approximate surface area is 158 Å². The summed E-state index contributed by atoms with van der Waals surface area (Å²) in [4.78, 5) is 48.3.